The standard InChI is InChI=1S/C21H18ClNO4S/c22-18-6-4-5-17(13-18)15-28(25,26)14-16-9-11-19(12-10-16)23-21(24)27-20-7-2-1-3-8-20/h1-13H,14-15H2,(H,23,24). The van der Waals surface area contributed by atoms with Crippen LogP contribution in [-0.2, 0) is 21.3 Å². The molecule has 0 bridgehead atoms. The number of ether oxygens (including phenoxy) is 1. The zero-order valence-corrected chi connectivity index (χ0v) is 16.4. The molecule has 144 valence electrons. The van der Waals surface area contributed by atoms with Gasteiger partial charge < -0.3 is 4.74 Å². The number of benzene rings is 3. The molecule has 28 heavy (non-hydrogen) atoms. The van der Waals surface area contributed by atoms with Crippen molar-refractivity contribution in [1.29, 1.82) is 0 Å². The molecule has 0 atom stereocenters. The molecule has 0 saturated heterocycles. The Balaban J connectivity index is 1.58. The van der Waals surface area contributed by atoms with E-state index in [2.05, 4.69) is 5.32 Å². The second-order valence-corrected chi connectivity index (χ2v) is 8.69. The van der Waals surface area contributed by atoms with Crippen LogP contribution in [0.2, 0.25) is 5.02 Å². The van der Waals surface area contributed by atoms with Crippen LogP contribution in [0.3, 0.4) is 0 Å². The van der Waals surface area contributed by atoms with Gasteiger partial charge in [0.15, 0.2) is 9.84 Å². The van der Waals surface area contributed by atoms with Gasteiger partial charge in [0, 0.05) is 10.7 Å². The van der Waals surface area contributed by atoms with E-state index < -0.39 is 15.9 Å². The lowest BCUT2D eigenvalue weighted by atomic mass is 10.2. The fourth-order valence-corrected chi connectivity index (χ4v) is 4.31. The van der Waals surface area contributed by atoms with Crippen LogP contribution in [0.4, 0.5) is 10.5 Å². The number of hydrogen-bond acceptors (Lipinski definition) is 4. The summed E-state index contributed by atoms with van der Waals surface area (Å²) in [6, 6.07) is 22.1. The van der Waals surface area contributed by atoms with E-state index >= 15 is 0 Å². The third-order valence-electron chi connectivity index (χ3n) is 3.82. The molecule has 0 aliphatic rings. The summed E-state index contributed by atoms with van der Waals surface area (Å²) >= 11 is 5.90. The highest BCUT2D eigenvalue weighted by atomic mass is 35.5. The predicted molar refractivity (Wildman–Crippen MR) is 110 cm³/mol. The first kappa shape index (κ1) is 19.9. The van der Waals surface area contributed by atoms with Gasteiger partial charge in [0.05, 0.1) is 11.5 Å². The van der Waals surface area contributed by atoms with Crippen molar-refractivity contribution in [2.75, 3.05) is 5.32 Å². The van der Waals surface area contributed by atoms with Crippen LogP contribution in [-0.4, -0.2) is 14.5 Å². The quantitative estimate of drug-likeness (QED) is 0.610. The van der Waals surface area contributed by atoms with Crippen LogP contribution in [0.25, 0.3) is 0 Å². The molecule has 5 nitrogen and oxygen atoms in total. The molecule has 0 aliphatic heterocycles. The Morgan fingerprint density at radius 1 is 0.857 bits per heavy atom. The Hall–Kier alpha value is -2.83. The molecular formula is C21H18ClNO4S. The van der Waals surface area contributed by atoms with Crippen molar-refractivity contribution in [2.45, 2.75) is 11.5 Å². The second-order valence-electron chi connectivity index (χ2n) is 6.19. The summed E-state index contributed by atoms with van der Waals surface area (Å²) in [4.78, 5) is 11.9. The summed E-state index contributed by atoms with van der Waals surface area (Å²) in [5, 5.41) is 3.11. The Morgan fingerprint density at radius 2 is 1.54 bits per heavy atom. The van der Waals surface area contributed by atoms with Crippen LogP contribution in [0.15, 0.2) is 78.9 Å². The molecule has 0 spiro atoms. The molecule has 3 rings (SSSR count). The maximum absolute atomic E-state index is 12.4. The Kier molecular flexibility index (Phi) is 6.34. The molecule has 0 unspecified atom stereocenters. The molecular weight excluding hydrogens is 398 g/mol. The number of halogens is 1. The van der Waals surface area contributed by atoms with E-state index in [1.54, 1.807) is 72.8 Å². The van der Waals surface area contributed by atoms with Gasteiger partial charge in [0.1, 0.15) is 5.75 Å². The topological polar surface area (TPSA) is 72.5 Å². The highest BCUT2D eigenvalue weighted by Gasteiger charge is 2.14. The van der Waals surface area contributed by atoms with E-state index in [0.717, 1.165) is 0 Å². The molecule has 0 saturated carbocycles. The molecule has 0 radical (unpaired) electrons. The van der Waals surface area contributed by atoms with E-state index in [-0.39, 0.29) is 11.5 Å². The van der Waals surface area contributed by atoms with Gasteiger partial charge in [-0.05, 0) is 47.5 Å². The monoisotopic (exact) mass is 415 g/mol. The fraction of sp³-hybridized carbons (Fsp3) is 0.0952. The van der Waals surface area contributed by atoms with E-state index in [4.69, 9.17) is 16.3 Å². The smallest absolute Gasteiger partial charge is 0.410 e. The lowest BCUT2D eigenvalue weighted by Gasteiger charge is -2.08. The fourth-order valence-electron chi connectivity index (χ4n) is 2.61. The normalized spacial score (nSPS) is 11.0. The minimum Gasteiger partial charge on any atom is -0.410 e. The number of carbonyl (C=O) groups is 1. The zero-order valence-electron chi connectivity index (χ0n) is 14.8. The van der Waals surface area contributed by atoms with E-state index in [0.29, 0.717) is 27.6 Å². The maximum atomic E-state index is 12.4. The van der Waals surface area contributed by atoms with Crippen molar-refractivity contribution in [3.8, 4) is 5.75 Å². The molecule has 1 amide bonds. The molecule has 0 heterocycles. The van der Waals surface area contributed by atoms with E-state index in [1.165, 1.54) is 0 Å². The Morgan fingerprint density at radius 3 is 2.21 bits per heavy atom. The lowest BCUT2D eigenvalue weighted by molar-refractivity contribution is 0.215. The third-order valence-corrected chi connectivity index (χ3v) is 5.60. The average molecular weight is 416 g/mol. The first-order chi connectivity index (χ1) is 13.4. The van der Waals surface area contributed by atoms with Gasteiger partial charge in [0.2, 0.25) is 0 Å². The summed E-state index contributed by atoms with van der Waals surface area (Å²) in [5.41, 5.74) is 1.79. The van der Waals surface area contributed by atoms with Gasteiger partial charge in [-0.1, -0.05) is 54.1 Å². The molecule has 0 aliphatic carbocycles. The van der Waals surface area contributed by atoms with Gasteiger partial charge in [-0.3, -0.25) is 5.32 Å². The van der Waals surface area contributed by atoms with Crippen LogP contribution < -0.4 is 10.1 Å². The minimum atomic E-state index is -3.35. The van der Waals surface area contributed by atoms with Crippen molar-refractivity contribution in [2.24, 2.45) is 0 Å². The number of para-hydroxylation sites is 1. The molecule has 1 N–H and O–H groups in total. The highest BCUT2D eigenvalue weighted by Crippen LogP contribution is 2.18. The Labute approximate surface area is 168 Å². The van der Waals surface area contributed by atoms with Crippen LogP contribution in [0.1, 0.15) is 11.1 Å². The number of hydrogen-bond donors (Lipinski definition) is 1. The second kappa shape index (κ2) is 8.91. The minimum absolute atomic E-state index is 0.0863. The maximum Gasteiger partial charge on any atom is 0.417 e. The molecule has 3 aromatic rings. The van der Waals surface area contributed by atoms with Gasteiger partial charge in [0.25, 0.3) is 0 Å². The van der Waals surface area contributed by atoms with Crippen molar-refractivity contribution in [1.82, 2.24) is 0 Å². The highest BCUT2D eigenvalue weighted by molar-refractivity contribution is 7.89. The first-order valence-electron chi connectivity index (χ1n) is 8.47. The zero-order chi connectivity index (χ0) is 20.0. The van der Waals surface area contributed by atoms with Gasteiger partial charge >= 0.3 is 6.09 Å². The summed E-state index contributed by atoms with van der Waals surface area (Å²) in [6.45, 7) is 0. The summed E-state index contributed by atoms with van der Waals surface area (Å²) in [7, 11) is -3.35. The molecule has 0 aromatic heterocycles. The number of nitrogens with one attached hydrogen (secondary N) is 1. The number of carbonyl (C=O) groups excluding carboxylic acids is 1. The van der Waals surface area contributed by atoms with Gasteiger partial charge in [-0.25, -0.2) is 13.2 Å². The largest absolute Gasteiger partial charge is 0.417 e. The number of anilines is 1. The number of sulfone groups is 1. The van der Waals surface area contributed by atoms with Gasteiger partial charge in [-0.2, -0.15) is 0 Å². The van der Waals surface area contributed by atoms with Crippen molar-refractivity contribution in [3.63, 3.8) is 0 Å². The van der Waals surface area contributed by atoms with Crippen molar-refractivity contribution in [3.05, 3.63) is 95.0 Å². The van der Waals surface area contributed by atoms with Crippen LogP contribution >= 0.6 is 11.6 Å². The van der Waals surface area contributed by atoms with Gasteiger partial charge in [-0.15, -0.1) is 0 Å². The predicted octanol–water partition coefficient (Wildman–Crippen LogP) is 5.07. The average Bonchev–Trinajstić information content (AvgIpc) is 2.63. The lowest BCUT2D eigenvalue weighted by Crippen LogP contribution is -2.16. The number of rotatable bonds is 6. The molecule has 3 aromatic carbocycles. The van der Waals surface area contributed by atoms with Crippen molar-refractivity contribution >= 4 is 33.2 Å². The summed E-state index contributed by atoms with van der Waals surface area (Å²) < 4.78 is 30.0. The van der Waals surface area contributed by atoms with E-state index in [9.17, 15) is 13.2 Å². The SMILES string of the molecule is O=C(Nc1ccc(CS(=O)(=O)Cc2cccc(Cl)c2)cc1)Oc1ccccc1. The summed E-state index contributed by atoms with van der Waals surface area (Å²) in [5.74, 6) is 0.245. The van der Waals surface area contributed by atoms with Crippen LogP contribution in [0.5, 0.6) is 5.75 Å². The third kappa shape index (κ3) is 6.11. The molecule has 7 heteroatoms. The first-order valence-corrected chi connectivity index (χ1v) is 10.7. The van der Waals surface area contributed by atoms with Crippen molar-refractivity contribution < 1.29 is 17.9 Å². The van der Waals surface area contributed by atoms with E-state index in [1.807, 2.05) is 6.07 Å². The van der Waals surface area contributed by atoms with Crippen LogP contribution in [0, 0.1) is 0 Å². The summed E-state index contributed by atoms with van der Waals surface area (Å²) in [6.07, 6.45) is -0.618. The Bertz CT molecular complexity index is 1050. The number of amides is 1. The molecule has 0 fully saturated rings.